The molecule has 0 aliphatic carbocycles. The van der Waals surface area contributed by atoms with Crippen LogP contribution >= 0.6 is 0 Å². The number of aliphatic carboxylic acids is 1. The summed E-state index contributed by atoms with van der Waals surface area (Å²) < 4.78 is 0. The predicted octanol–water partition coefficient (Wildman–Crippen LogP) is 2.03. The molecule has 2 rings (SSSR count). The van der Waals surface area contributed by atoms with Crippen molar-refractivity contribution in [2.45, 2.75) is 38.8 Å². The molecule has 0 saturated carbocycles. The van der Waals surface area contributed by atoms with E-state index in [-0.39, 0.29) is 18.0 Å². The number of nitrogens with zero attached hydrogens (tertiary/aromatic N) is 1. The first kappa shape index (κ1) is 13.9. The molecule has 1 atom stereocenters. The number of para-hydroxylation sites is 1. The van der Waals surface area contributed by atoms with Crippen molar-refractivity contribution in [1.82, 2.24) is 5.32 Å². The van der Waals surface area contributed by atoms with Gasteiger partial charge in [0, 0.05) is 30.4 Å². The van der Waals surface area contributed by atoms with Gasteiger partial charge in [0.25, 0.3) is 0 Å². The third-order valence-corrected chi connectivity index (χ3v) is 3.78. The number of carboxylic acid groups (broad SMARTS) is 1. The van der Waals surface area contributed by atoms with Gasteiger partial charge in [0.15, 0.2) is 0 Å². The molecular formula is C15H22N2O2. The zero-order valence-corrected chi connectivity index (χ0v) is 11.8. The van der Waals surface area contributed by atoms with Gasteiger partial charge in [0.2, 0.25) is 0 Å². The number of hydrogen-bond donors (Lipinski definition) is 2. The number of hydrogen-bond acceptors (Lipinski definition) is 3. The van der Waals surface area contributed by atoms with Gasteiger partial charge >= 0.3 is 5.97 Å². The van der Waals surface area contributed by atoms with Gasteiger partial charge in [-0.05, 0) is 32.4 Å². The molecule has 19 heavy (non-hydrogen) atoms. The molecule has 0 spiro atoms. The molecule has 1 aliphatic rings. The minimum Gasteiger partial charge on any atom is -0.481 e. The average molecular weight is 262 g/mol. The van der Waals surface area contributed by atoms with Crippen molar-refractivity contribution < 1.29 is 9.90 Å². The highest BCUT2D eigenvalue weighted by Crippen LogP contribution is 2.29. The summed E-state index contributed by atoms with van der Waals surface area (Å²) >= 11 is 0. The van der Waals surface area contributed by atoms with E-state index >= 15 is 0 Å². The highest BCUT2D eigenvalue weighted by molar-refractivity contribution is 5.68. The Labute approximate surface area is 114 Å². The molecule has 1 aromatic rings. The number of nitrogens with one attached hydrogen (secondary N) is 1. The zero-order chi connectivity index (χ0) is 14.0. The van der Waals surface area contributed by atoms with Crippen molar-refractivity contribution in [2.75, 3.05) is 18.0 Å². The van der Waals surface area contributed by atoms with Crippen LogP contribution in [0.1, 0.15) is 25.8 Å². The van der Waals surface area contributed by atoms with Gasteiger partial charge in [-0.15, -0.1) is 0 Å². The molecule has 1 aromatic carbocycles. The Hall–Kier alpha value is -1.55. The molecule has 0 bridgehead atoms. The standard InChI is InChI=1S/C15H22N2O2/c1-11-6-4-5-7-13(11)17-9-12(8-14(18)19)16-10-15(17,2)3/h4-7,12,16H,8-10H2,1-3H3,(H,18,19). The topological polar surface area (TPSA) is 52.6 Å². The van der Waals surface area contributed by atoms with Crippen LogP contribution in [0.15, 0.2) is 24.3 Å². The Kier molecular flexibility index (Phi) is 3.80. The van der Waals surface area contributed by atoms with Gasteiger partial charge in [0.05, 0.1) is 6.42 Å². The lowest BCUT2D eigenvalue weighted by Gasteiger charge is -2.48. The van der Waals surface area contributed by atoms with Crippen LogP contribution in [0.25, 0.3) is 0 Å². The van der Waals surface area contributed by atoms with E-state index in [9.17, 15) is 4.79 Å². The van der Waals surface area contributed by atoms with Crippen LogP contribution in [0.5, 0.6) is 0 Å². The molecule has 4 heteroatoms. The number of carbonyl (C=O) groups is 1. The third kappa shape index (κ3) is 3.07. The van der Waals surface area contributed by atoms with Crippen molar-refractivity contribution in [2.24, 2.45) is 0 Å². The maximum Gasteiger partial charge on any atom is 0.304 e. The first-order valence-corrected chi connectivity index (χ1v) is 6.68. The van der Waals surface area contributed by atoms with Crippen molar-refractivity contribution in [3.05, 3.63) is 29.8 Å². The SMILES string of the molecule is Cc1ccccc1N1CC(CC(=O)O)NCC1(C)C. The smallest absolute Gasteiger partial charge is 0.304 e. The van der Waals surface area contributed by atoms with Crippen LogP contribution in [0.3, 0.4) is 0 Å². The summed E-state index contributed by atoms with van der Waals surface area (Å²) in [5, 5.41) is 12.3. The first-order valence-electron chi connectivity index (χ1n) is 6.68. The average Bonchev–Trinajstić information content (AvgIpc) is 2.32. The maximum absolute atomic E-state index is 10.9. The van der Waals surface area contributed by atoms with Gasteiger partial charge in [-0.25, -0.2) is 0 Å². The van der Waals surface area contributed by atoms with Crippen LogP contribution in [0, 0.1) is 6.92 Å². The maximum atomic E-state index is 10.9. The summed E-state index contributed by atoms with van der Waals surface area (Å²) in [5.41, 5.74) is 2.41. The minimum absolute atomic E-state index is 0.00475. The van der Waals surface area contributed by atoms with Gasteiger partial charge in [0.1, 0.15) is 0 Å². The highest BCUT2D eigenvalue weighted by Gasteiger charge is 2.35. The van der Waals surface area contributed by atoms with Gasteiger partial charge in [-0.1, -0.05) is 18.2 Å². The fourth-order valence-corrected chi connectivity index (χ4v) is 2.66. The van der Waals surface area contributed by atoms with Crippen LogP contribution < -0.4 is 10.2 Å². The van der Waals surface area contributed by atoms with E-state index in [1.165, 1.54) is 11.3 Å². The number of anilines is 1. The highest BCUT2D eigenvalue weighted by atomic mass is 16.4. The lowest BCUT2D eigenvalue weighted by atomic mass is 9.94. The lowest BCUT2D eigenvalue weighted by molar-refractivity contribution is -0.137. The van der Waals surface area contributed by atoms with Crippen molar-refractivity contribution >= 4 is 11.7 Å². The largest absolute Gasteiger partial charge is 0.481 e. The molecule has 0 radical (unpaired) electrons. The van der Waals surface area contributed by atoms with Crippen molar-refractivity contribution in [1.29, 1.82) is 0 Å². The predicted molar refractivity (Wildman–Crippen MR) is 76.6 cm³/mol. The molecule has 1 fully saturated rings. The van der Waals surface area contributed by atoms with Crippen LogP contribution in [0.4, 0.5) is 5.69 Å². The summed E-state index contributed by atoms with van der Waals surface area (Å²) in [7, 11) is 0. The van der Waals surface area contributed by atoms with Gasteiger partial charge in [-0.3, -0.25) is 4.79 Å². The van der Waals surface area contributed by atoms with Crippen LogP contribution in [-0.2, 0) is 4.79 Å². The molecule has 4 nitrogen and oxygen atoms in total. The lowest BCUT2D eigenvalue weighted by Crippen LogP contribution is -2.62. The number of rotatable bonds is 3. The normalized spacial score (nSPS) is 22.3. The van der Waals surface area contributed by atoms with E-state index in [0.29, 0.717) is 0 Å². The van der Waals surface area contributed by atoms with Gasteiger partial charge in [-0.2, -0.15) is 0 Å². The van der Waals surface area contributed by atoms with E-state index in [4.69, 9.17) is 5.11 Å². The van der Waals surface area contributed by atoms with Crippen molar-refractivity contribution in [3.8, 4) is 0 Å². The van der Waals surface area contributed by atoms with E-state index in [1.54, 1.807) is 0 Å². The summed E-state index contributed by atoms with van der Waals surface area (Å²) in [6.45, 7) is 7.98. The Morgan fingerprint density at radius 3 is 2.79 bits per heavy atom. The summed E-state index contributed by atoms with van der Waals surface area (Å²) in [4.78, 5) is 13.2. The fourth-order valence-electron chi connectivity index (χ4n) is 2.66. The van der Waals surface area contributed by atoms with Crippen LogP contribution in [-0.4, -0.2) is 35.7 Å². The van der Waals surface area contributed by atoms with E-state index in [1.807, 2.05) is 12.1 Å². The third-order valence-electron chi connectivity index (χ3n) is 3.78. The molecule has 1 heterocycles. The molecular weight excluding hydrogens is 240 g/mol. The Balaban J connectivity index is 2.24. The zero-order valence-electron chi connectivity index (χ0n) is 11.8. The number of benzene rings is 1. The number of carboxylic acids is 1. The van der Waals surface area contributed by atoms with E-state index < -0.39 is 5.97 Å². The molecule has 1 saturated heterocycles. The van der Waals surface area contributed by atoms with E-state index in [0.717, 1.165) is 13.1 Å². The first-order chi connectivity index (χ1) is 8.90. The van der Waals surface area contributed by atoms with Crippen LogP contribution in [0.2, 0.25) is 0 Å². The van der Waals surface area contributed by atoms with Gasteiger partial charge < -0.3 is 15.3 Å². The molecule has 0 aromatic heterocycles. The second kappa shape index (κ2) is 5.21. The molecule has 2 N–H and O–H groups in total. The number of aryl methyl sites for hydroxylation is 1. The summed E-state index contributed by atoms with van der Waals surface area (Å²) in [6, 6.07) is 8.28. The molecule has 104 valence electrons. The number of piperazine rings is 1. The van der Waals surface area contributed by atoms with E-state index in [2.05, 4.69) is 43.1 Å². The molecule has 1 aliphatic heterocycles. The minimum atomic E-state index is -0.748. The second-order valence-electron chi connectivity index (χ2n) is 5.89. The Morgan fingerprint density at radius 1 is 1.47 bits per heavy atom. The fraction of sp³-hybridized carbons (Fsp3) is 0.533. The molecule has 1 unspecified atom stereocenters. The Morgan fingerprint density at radius 2 is 2.16 bits per heavy atom. The van der Waals surface area contributed by atoms with Crippen molar-refractivity contribution in [3.63, 3.8) is 0 Å². The Bertz CT molecular complexity index is 471. The molecule has 0 amide bonds. The monoisotopic (exact) mass is 262 g/mol. The summed E-state index contributed by atoms with van der Waals surface area (Å²) in [6.07, 6.45) is 0.165. The summed E-state index contributed by atoms with van der Waals surface area (Å²) in [5.74, 6) is -0.748. The quantitative estimate of drug-likeness (QED) is 0.875. The second-order valence-corrected chi connectivity index (χ2v) is 5.89.